The first-order valence-corrected chi connectivity index (χ1v) is 5.75. The molecule has 0 fully saturated rings. The molecule has 3 nitrogen and oxygen atoms in total. The van der Waals surface area contributed by atoms with Crippen molar-refractivity contribution in [2.45, 2.75) is 32.7 Å². The summed E-state index contributed by atoms with van der Waals surface area (Å²) in [6.45, 7) is 4.82. The van der Waals surface area contributed by atoms with Crippen molar-refractivity contribution in [2.24, 2.45) is 5.73 Å². The number of unbranched alkanes of at least 4 members (excludes halogenated alkanes) is 1. The zero-order valence-corrected chi connectivity index (χ0v) is 11.5. The summed E-state index contributed by atoms with van der Waals surface area (Å²) in [4.78, 5) is 0. The highest BCUT2D eigenvalue weighted by atomic mass is 35.5. The predicted octanol–water partition coefficient (Wildman–Crippen LogP) is 3.32. The monoisotopic (exact) mass is 259 g/mol. The molecule has 0 saturated carbocycles. The van der Waals surface area contributed by atoms with Crippen LogP contribution >= 0.6 is 12.4 Å². The van der Waals surface area contributed by atoms with Crippen molar-refractivity contribution in [1.82, 2.24) is 0 Å². The van der Waals surface area contributed by atoms with Gasteiger partial charge in [-0.05, 0) is 31.0 Å². The van der Waals surface area contributed by atoms with Crippen LogP contribution < -0.4 is 15.2 Å². The normalized spacial score (nSPS) is 11.5. The van der Waals surface area contributed by atoms with E-state index in [1.54, 1.807) is 7.11 Å². The fourth-order valence-corrected chi connectivity index (χ4v) is 1.41. The summed E-state index contributed by atoms with van der Waals surface area (Å²) in [6, 6.07) is 5.85. The minimum absolute atomic E-state index is 0. The standard InChI is InChI=1S/C13H21NO2.ClH/c1-4-5-8-16-12-7-6-11(10(2)14)9-13(12)15-3;/h6-7,9-10H,4-5,8,14H2,1-3H3;1H. The smallest absolute Gasteiger partial charge is 0.161 e. The van der Waals surface area contributed by atoms with Gasteiger partial charge in [0.1, 0.15) is 0 Å². The molecule has 0 amide bonds. The van der Waals surface area contributed by atoms with E-state index in [-0.39, 0.29) is 18.4 Å². The highest BCUT2D eigenvalue weighted by Gasteiger charge is 2.07. The van der Waals surface area contributed by atoms with E-state index < -0.39 is 0 Å². The number of methoxy groups -OCH3 is 1. The minimum Gasteiger partial charge on any atom is -0.493 e. The molecule has 1 rings (SSSR count). The maximum atomic E-state index is 5.81. The van der Waals surface area contributed by atoms with Crippen LogP contribution in [0.2, 0.25) is 0 Å². The molecule has 0 spiro atoms. The average Bonchev–Trinajstić information content (AvgIpc) is 2.29. The molecular weight excluding hydrogens is 238 g/mol. The van der Waals surface area contributed by atoms with Gasteiger partial charge in [0, 0.05) is 6.04 Å². The van der Waals surface area contributed by atoms with E-state index in [1.165, 1.54) is 0 Å². The van der Waals surface area contributed by atoms with Gasteiger partial charge in [0.15, 0.2) is 11.5 Å². The summed E-state index contributed by atoms with van der Waals surface area (Å²) in [5.74, 6) is 1.55. The first-order valence-electron chi connectivity index (χ1n) is 5.75. The van der Waals surface area contributed by atoms with Gasteiger partial charge in [0.05, 0.1) is 13.7 Å². The summed E-state index contributed by atoms with van der Waals surface area (Å²) in [5.41, 5.74) is 6.87. The molecule has 4 heteroatoms. The third-order valence-electron chi connectivity index (χ3n) is 2.47. The van der Waals surface area contributed by atoms with E-state index in [9.17, 15) is 0 Å². The second kappa shape index (κ2) is 8.20. The number of nitrogens with two attached hydrogens (primary N) is 1. The molecule has 0 saturated heterocycles. The molecule has 1 unspecified atom stereocenters. The van der Waals surface area contributed by atoms with E-state index in [4.69, 9.17) is 15.2 Å². The van der Waals surface area contributed by atoms with Crippen molar-refractivity contribution in [3.8, 4) is 11.5 Å². The summed E-state index contributed by atoms with van der Waals surface area (Å²) < 4.78 is 10.9. The summed E-state index contributed by atoms with van der Waals surface area (Å²) >= 11 is 0. The lowest BCUT2D eigenvalue weighted by Gasteiger charge is -2.13. The van der Waals surface area contributed by atoms with Crippen LogP contribution in [0.5, 0.6) is 11.5 Å². The Morgan fingerprint density at radius 2 is 2.00 bits per heavy atom. The lowest BCUT2D eigenvalue weighted by molar-refractivity contribution is 0.288. The van der Waals surface area contributed by atoms with Crippen molar-refractivity contribution in [2.75, 3.05) is 13.7 Å². The van der Waals surface area contributed by atoms with Crippen LogP contribution in [0.15, 0.2) is 18.2 Å². The third-order valence-corrected chi connectivity index (χ3v) is 2.47. The fourth-order valence-electron chi connectivity index (χ4n) is 1.41. The Balaban J connectivity index is 0.00000256. The van der Waals surface area contributed by atoms with Gasteiger partial charge in [0.25, 0.3) is 0 Å². The van der Waals surface area contributed by atoms with Crippen molar-refractivity contribution >= 4 is 12.4 Å². The molecule has 0 bridgehead atoms. The molecule has 0 aromatic heterocycles. The van der Waals surface area contributed by atoms with Gasteiger partial charge in [-0.3, -0.25) is 0 Å². The molecule has 98 valence electrons. The lowest BCUT2D eigenvalue weighted by atomic mass is 10.1. The van der Waals surface area contributed by atoms with E-state index >= 15 is 0 Å². The Hall–Kier alpha value is -0.930. The van der Waals surface area contributed by atoms with E-state index in [0.717, 1.165) is 36.5 Å². The van der Waals surface area contributed by atoms with Gasteiger partial charge in [-0.25, -0.2) is 0 Å². The molecule has 1 atom stereocenters. The number of hydrogen-bond donors (Lipinski definition) is 1. The molecule has 0 heterocycles. The molecule has 0 radical (unpaired) electrons. The maximum Gasteiger partial charge on any atom is 0.161 e. The lowest BCUT2D eigenvalue weighted by Crippen LogP contribution is -2.06. The zero-order chi connectivity index (χ0) is 12.0. The van der Waals surface area contributed by atoms with Crippen LogP contribution in [-0.4, -0.2) is 13.7 Å². The van der Waals surface area contributed by atoms with Gasteiger partial charge in [-0.1, -0.05) is 19.4 Å². The second-order valence-corrected chi connectivity index (χ2v) is 3.90. The van der Waals surface area contributed by atoms with Crippen LogP contribution in [0, 0.1) is 0 Å². The van der Waals surface area contributed by atoms with E-state index in [0.29, 0.717) is 0 Å². The SMILES string of the molecule is CCCCOc1ccc(C(C)N)cc1OC.Cl. The number of ether oxygens (including phenoxy) is 2. The zero-order valence-electron chi connectivity index (χ0n) is 10.7. The van der Waals surface area contributed by atoms with Crippen molar-refractivity contribution in [3.05, 3.63) is 23.8 Å². The quantitative estimate of drug-likeness (QED) is 0.797. The third kappa shape index (κ3) is 4.84. The topological polar surface area (TPSA) is 44.5 Å². The fraction of sp³-hybridized carbons (Fsp3) is 0.538. The molecule has 0 aliphatic carbocycles. The summed E-state index contributed by atoms with van der Waals surface area (Å²) in [5, 5.41) is 0. The van der Waals surface area contributed by atoms with Crippen LogP contribution in [0.3, 0.4) is 0 Å². The first kappa shape index (κ1) is 16.1. The Labute approximate surface area is 110 Å². The Kier molecular flexibility index (Phi) is 7.75. The molecule has 17 heavy (non-hydrogen) atoms. The van der Waals surface area contributed by atoms with Crippen molar-refractivity contribution in [1.29, 1.82) is 0 Å². The number of halogens is 1. The molecule has 2 N–H and O–H groups in total. The van der Waals surface area contributed by atoms with Gasteiger partial charge >= 0.3 is 0 Å². The highest BCUT2D eigenvalue weighted by Crippen LogP contribution is 2.29. The number of benzene rings is 1. The Bertz CT molecular complexity index is 329. The number of hydrogen-bond acceptors (Lipinski definition) is 3. The Morgan fingerprint density at radius 3 is 2.53 bits per heavy atom. The maximum absolute atomic E-state index is 5.81. The van der Waals surface area contributed by atoms with Crippen molar-refractivity contribution < 1.29 is 9.47 Å². The molecule has 1 aromatic carbocycles. The first-order chi connectivity index (χ1) is 7.69. The highest BCUT2D eigenvalue weighted by molar-refractivity contribution is 5.85. The summed E-state index contributed by atoms with van der Waals surface area (Å²) in [7, 11) is 1.65. The van der Waals surface area contributed by atoms with Crippen molar-refractivity contribution in [3.63, 3.8) is 0 Å². The van der Waals surface area contributed by atoms with E-state index in [2.05, 4.69) is 6.92 Å². The molecule has 0 aliphatic heterocycles. The number of rotatable bonds is 6. The second-order valence-electron chi connectivity index (χ2n) is 3.90. The minimum atomic E-state index is 0. The van der Waals surface area contributed by atoms with Gasteiger partial charge in [0.2, 0.25) is 0 Å². The van der Waals surface area contributed by atoms with Crippen LogP contribution in [0.25, 0.3) is 0 Å². The van der Waals surface area contributed by atoms with Crippen LogP contribution in [0.1, 0.15) is 38.3 Å². The van der Waals surface area contributed by atoms with Gasteiger partial charge < -0.3 is 15.2 Å². The van der Waals surface area contributed by atoms with Gasteiger partial charge in [-0.15, -0.1) is 12.4 Å². The van der Waals surface area contributed by atoms with Crippen LogP contribution in [0.4, 0.5) is 0 Å². The van der Waals surface area contributed by atoms with E-state index in [1.807, 2.05) is 25.1 Å². The Morgan fingerprint density at radius 1 is 1.29 bits per heavy atom. The van der Waals surface area contributed by atoms with Gasteiger partial charge in [-0.2, -0.15) is 0 Å². The largest absolute Gasteiger partial charge is 0.493 e. The molecule has 0 aliphatic rings. The molecule has 1 aromatic rings. The predicted molar refractivity (Wildman–Crippen MR) is 73.2 cm³/mol. The molecular formula is C13H22ClNO2. The van der Waals surface area contributed by atoms with Crippen LogP contribution in [-0.2, 0) is 0 Å². The summed E-state index contributed by atoms with van der Waals surface area (Å²) in [6.07, 6.45) is 2.18. The average molecular weight is 260 g/mol.